The van der Waals surface area contributed by atoms with Crippen LogP contribution >= 0.6 is 0 Å². The summed E-state index contributed by atoms with van der Waals surface area (Å²) in [5.41, 5.74) is 0. The molecule has 1 heterocycles. The Bertz CT molecular complexity index is 262. The van der Waals surface area contributed by atoms with Gasteiger partial charge in [-0.3, -0.25) is 0 Å². The molecule has 13 heavy (non-hydrogen) atoms. The van der Waals surface area contributed by atoms with Crippen LogP contribution in [0.2, 0.25) is 0 Å². The van der Waals surface area contributed by atoms with E-state index in [0.717, 1.165) is 0 Å². The van der Waals surface area contributed by atoms with Crippen molar-refractivity contribution in [1.29, 1.82) is 0 Å². The number of aryl methyl sites for hydroxylation is 1. The summed E-state index contributed by atoms with van der Waals surface area (Å²) in [4.78, 5) is 3.92. The second-order valence-electron chi connectivity index (χ2n) is 2.83. The standard InChI is InChI=1S/C8H12F2N2O/c1-5-3-12-8(13-5)6(2)11-4-7(9)10/h3,6-7,11H,4H2,1-2H3. The summed E-state index contributed by atoms with van der Waals surface area (Å²) in [6.45, 7) is 3.15. The van der Waals surface area contributed by atoms with Crippen LogP contribution in [0.4, 0.5) is 8.78 Å². The van der Waals surface area contributed by atoms with Crippen LogP contribution in [0.5, 0.6) is 0 Å². The molecule has 0 amide bonds. The lowest BCUT2D eigenvalue weighted by molar-refractivity contribution is 0.140. The first kappa shape index (κ1) is 10.1. The van der Waals surface area contributed by atoms with Crippen LogP contribution in [0.15, 0.2) is 10.6 Å². The van der Waals surface area contributed by atoms with Gasteiger partial charge in [0, 0.05) is 0 Å². The molecular weight excluding hydrogens is 178 g/mol. The molecule has 3 nitrogen and oxygen atoms in total. The lowest BCUT2D eigenvalue weighted by Gasteiger charge is -2.08. The number of hydrogen-bond donors (Lipinski definition) is 1. The van der Waals surface area contributed by atoms with Crippen LogP contribution < -0.4 is 5.32 Å². The van der Waals surface area contributed by atoms with Crippen molar-refractivity contribution in [2.75, 3.05) is 6.54 Å². The maximum Gasteiger partial charge on any atom is 0.250 e. The van der Waals surface area contributed by atoms with Crippen molar-refractivity contribution in [3.63, 3.8) is 0 Å². The Morgan fingerprint density at radius 3 is 2.77 bits per heavy atom. The predicted octanol–water partition coefficient (Wildman–Crippen LogP) is 1.90. The van der Waals surface area contributed by atoms with E-state index >= 15 is 0 Å². The number of aromatic nitrogens is 1. The fourth-order valence-electron chi connectivity index (χ4n) is 0.926. The van der Waals surface area contributed by atoms with Crippen LogP contribution in [0.3, 0.4) is 0 Å². The third kappa shape index (κ3) is 3.10. The van der Waals surface area contributed by atoms with E-state index in [-0.39, 0.29) is 12.6 Å². The molecule has 0 spiro atoms. The van der Waals surface area contributed by atoms with Gasteiger partial charge in [-0.15, -0.1) is 0 Å². The van der Waals surface area contributed by atoms with E-state index < -0.39 is 6.43 Å². The maximum atomic E-state index is 11.8. The van der Waals surface area contributed by atoms with Crippen LogP contribution in [0.25, 0.3) is 0 Å². The minimum atomic E-state index is -2.35. The highest BCUT2D eigenvalue weighted by atomic mass is 19.3. The first-order valence-electron chi connectivity index (χ1n) is 4.03. The molecule has 0 aromatic carbocycles. The summed E-state index contributed by atoms with van der Waals surface area (Å²) in [6, 6.07) is -0.275. The maximum absolute atomic E-state index is 11.8. The Morgan fingerprint density at radius 1 is 1.62 bits per heavy atom. The van der Waals surface area contributed by atoms with Gasteiger partial charge in [0.2, 0.25) is 5.89 Å². The monoisotopic (exact) mass is 190 g/mol. The number of oxazole rings is 1. The highest BCUT2D eigenvalue weighted by Gasteiger charge is 2.12. The fraction of sp³-hybridized carbons (Fsp3) is 0.625. The number of rotatable bonds is 4. The van der Waals surface area contributed by atoms with Crippen molar-refractivity contribution in [3.05, 3.63) is 17.8 Å². The molecule has 5 heteroatoms. The van der Waals surface area contributed by atoms with E-state index in [9.17, 15) is 8.78 Å². The number of nitrogens with zero attached hydrogens (tertiary/aromatic N) is 1. The smallest absolute Gasteiger partial charge is 0.250 e. The summed E-state index contributed by atoms with van der Waals surface area (Å²) in [5.74, 6) is 1.12. The highest BCUT2D eigenvalue weighted by Crippen LogP contribution is 2.11. The first-order chi connectivity index (χ1) is 6.09. The van der Waals surface area contributed by atoms with Crippen LogP contribution in [-0.2, 0) is 0 Å². The fourth-order valence-corrected chi connectivity index (χ4v) is 0.926. The molecule has 0 radical (unpaired) electrons. The van der Waals surface area contributed by atoms with Gasteiger partial charge in [-0.2, -0.15) is 0 Å². The molecule has 1 N–H and O–H groups in total. The Hall–Kier alpha value is -0.970. The summed E-state index contributed by atoms with van der Waals surface area (Å²) >= 11 is 0. The number of nitrogens with one attached hydrogen (secondary N) is 1. The zero-order valence-corrected chi connectivity index (χ0v) is 7.55. The quantitative estimate of drug-likeness (QED) is 0.787. The molecule has 1 aromatic rings. The lowest BCUT2D eigenvalue weighted by Crippen LogP contribution is -2.24. The normalized spacial score (nSPS) is 13.6. The zero-order chi connectivity index (χ0) is 9.84. The third-order valence-corrected chi connectivity index (χ3v) is 1.59. The molecule has 0 bridgehead atoms. The van der Waals surface area contributed by atoms with E-state index in [1.165, 1.54) is 0 Å². The van der Waals surface area contributed by atoms with Crippen molar-refractivity contribution in [3.8, 4) is 0 Å². The number of hydrogen-bond acceptors (Lipinski definition) is 3. The second-order valence-corrected chi connectivity index (χ2v) is 2.83. The average Bonchev–Trinajstić information content (AvgIpc) is 2.47. The minimum Gasteiger partial charge on any atom is -0.444 e. The Labute approximate surface area is 75.2 Å². The van der Waals surface area contributed by atoms with E-state index in [2.05, 4.69) is 10.3 Å². The SMILES string of the molecule is Cc1cnc(C(C)NCC(F)F)o1. The van der Waals surface area contributed by atoms with Crippen molar-refractivity contribution >= 4 is 0 Å². The van der Waals surface area contributed by atoms with E-state index in [1.54, 1.807) is 20.0 Å². The minimum absolute atomic E-state index is 0.275. The molecule has 0 saturated heterocycles. The van der Waals surface area contributed by atoms with Crippen molar-refractivity contribution < 1.29 is 13.2 Å². The molecule has 0 aliphatic heterocycles. The highest BCUT2D eigenvalue weighted by molar-refractivity contribution is 4.94. The van der Waals surface area contributed by atoms with Crippen LogP contribution in [-0.4, -0.2) is 18.0 Å². The van der Waals surface area contributed by atoms with Gasteiger partial charge in [-0.1, -0.05) is 0 Å². The Morgan fingerprint density at radius 2 is 2.31 bits per heavy atom. The van der Waals surface area contributed by atoms with Gasteiger partial charge >= 0.3 is 0 Å². The molecule has 74 valence electrons. The Balaban J connectivity index is 2.44. The average molecular weight is 190 g/mol. The van der Waals surface area contributed by atoms with Gasteiger partial charge in [0.25, 0.3) is 6.43 Å². The predicted molar refractivity (Wildman–Crippen MR) is 43.7 cm³/mol. The summed E-state index contributed by atoms with van der Waals surface area (Å²) in [6.07, 6.45) is -0.783. The van der Waals surface area contributed by atoms with Crippen molar-refractivity contribution in [2.45, 2.75) is 26.3 Å². The lowest BCUT2D eigenvalue weighted by atomic mass is 10.3. The second kappa shape index (κ2) is 4.32. The third-order valence-electron chi connectivity index (χ3n) is 1.59. The zero-order valence-electron chi connectivity index (χ0n) is 7.55. The van der Waals surface area contributed by atoms with Gasteiger partial charge in [-0.05, 0) is 13.8 Å². The largest absolute Gasteiger partial charge is 0.444 e. The van der Waals surface area contributed by atoms with Gasteiger partial charge in [0.1, 0.15) is 5.76 Å². The molecule has 1 aromatic heterocycles. The van der Waals surface area contributed by atoms with Crippen LogP contribution in [0.1, 0.15) is 24.6 Å². The molecular formula is C8H12F2N2O. The van der Waals surface area contributed by atoms with Crippen molar-refractivity contribution in [1.82, 2.24) is 10.3 Å². The van der Waals surface area contributed by atoms with Crippen molar-refractivity contribution in [2.24, 2.45) is 0 Å². The molecule has 1 atom stereocenters. The summed E-state index contributed by atoms with van der Waals surface area (Å²) < 4.78 is 28.8. The first-order valence-corrected chi connectivity index (χ1v) is 4.03. The summed E-state index contributed by atoms with van der Waals surface area (Å²) in [5, 5.41) is 2.61. The van der Waals surface area contributed by atoms with Crippen LogP contribution in [0, 0.1) is 6.92 Å². The Kier molecular flexibility index (Phi) is 3.36. The van der Waals surface area contributed by atoms with Gasteiger partial charge in [0.15, 0.2) is 0 Å². The summed E-state index contributed by atoms with van der Waals surface area (Å²) in [7, 11) is 0. The van der Waals surface area contributed by atoms with E-state index in [0.29, 0.717) is 11.7 Å². The van der Waals surface area contributed by atoms with E-state index in [4.69, 9.17) is 4.42 Å². The molecule has 0 aliphatic rings. The molecule has 0 fully saturated rings. The van der Waals surface area contributed by atoms with Gasteiger partial charge < -0.3 is 9.73 Å². The van der Waals surface area contributed by atoms with Gasteiger partial charge in [0.05, 0.1) is 18.8 Å². The topological polar surface area (TPSA) is 38.1 Å². The van der Waals surface area contributed by atoms with Gasteiger partial charge in [-0.25, -0.2) is 13.8 Å². The molecule has 0 saturated carbocycles. The molecule has 1 rings (SSSR count). The number of alkyl halides is 2. The molecule has 0 aliphatic carbocycles. The number of halogens is 2. The molecule has 1 unspecified atom stereocenters. The van der Waals surface area contributed by atoms with E-state index in [1.807, 2.05) is 0 Å².